The summed E-state index contributed by atoms with van der Waals surface area (Å²) in [6.07, 6.45) is 2.12. The van der Waals surface area contributed by atoms with Gasteiger partial charge >= 0.3 is 0 Å². The van der Waals surface area contributed by atoms with Gasteiger partial charge in [0.15, 0.2) is 5.96 Å². The standard InChI is InChI=1S/C18H38N4O2.HI/c1-15(2)22(16(3)4)10-9-21-18(19-5)20-8-6-11-23-13-17-7-12-24-14-17;/h15-17H,6-14H2,1-5H3,(H2,19,20,21);1H. The largest absolute Gasteiger partial charge is 0.381 e. The Morgan fingerprint density at radius 2 is 1.88 bits per heavy atom. The second-order valence-electron chi connectivity index (χ2n) is 7.01. The Morgan fingerprint density at radius 1 is 1.20 bits per heavy atom. The van der Waals surface area contributed by atoms with Gasteiger partial charge in [0.05, 0.1) is 13.2 Å². The van der Waals surface area contributed by atoms with Crippen molar-refractivity contribution in [3.63, 3.8) is 0 Å². The van der Waals surface area contributed by atoms with Gasteiger partial charge in [-0.1, -0.05) is 0 Å². The first-order chi connectivity index (χ1) is 11.5. The molecule has 0 aromatic rings. The Balaban J connectivity index is 0.00000576. The van der Waals surface area contributed by atoms with Gasteiger partial charge in [-0.05, 0) is 40.5 Å². The summed E-state index contributed by atoms with van der Waals surface area (Å²) < 4.78 is 11.1. The molecule has 1 heterocycles. The summed E-state index contributed by atoms with van der Waals surface area (Å²) in [6.45, 7) is 15.1. The van der Waals surface area contributed by atoms with Crippen LogP contribution in [-0.2, 0) is 9.47 Å². The Morgan fingerprint density at radius 3 is 2.44 bits per heavy atom. The zero-order valence-corrected chi connectivity index (χ0v) is 19.0. The molecular formula is C18H39IN4O2. The lowest BCUT2D eigenvalue weighted by Gasteiger charge is -2.30. The predicted octanol–water partition coefficient (Wildman–Crippen LogP) is 2.33. The molecule has 0 saturated carbocycles. The molecule has 0 bridgehead atoms. The Bertz CT molecular complexity index is 340. The van der Waals surface area contributed by atoms with Crippen LogP contribution < -0.4 is 10.6 Å². The molecule has 7 heteroatoms. The second kappa shape index (κ2) is 15.0. The van der Waals surface area contributed by atoms with E-state index in [4.69, 9.17) is 9.47 Å². The number of hydrogen-bond acceptors (Lipinski definition) is 4. The fraction of sp³-hybridized carbons (Fsp3) is 0.944. The van der Waals surface area contributed by atoms with Crippen LogP contribution in [0, 0.1) is 5.92 Å². The summed E-state index contributed by atoms with van der Waals surface area (Å²) in [4.78, 5) is 6.75. The molecule has 25 heavy (non-hydrogen) atoms. The van der Waals surface area contributed by atoms with Crippen molar-refractivity contribution in [2.75, 3.05) is 53.1 Å². The number of hydrogen-bond donors (Lipinski definition) is 2. The predicted molar refractivity (Wildman–Crippen MR) is 116 cm³/mol. The van der Waals surface area contributed by atoms with E-state index < -0.39 is 0 Å². The van der Waals surface area contributed by atoms with Crippen molar-refractivity contribution >= 4 is 29.9 Å². The van der Waals surface area contributed by atoms with Gasteiger partial charge in [0.2, 0.25) is 0 Å². The number of nitrogens with one attached hydrogen (secondary N) is 2. The Kier molecular flexibility index (Phi) is 14.9. The third-order valence-corrected chi connectivity index (χ3v) is 4.35. The normalized spacial score (nSPS) is 18.1. The van der Waals surface area contributed by atoms with Gasteiger partial charge in [-0.2, -0.15) is 0 Å². The van der Waals surface area contributed by atoms with Crippen LogP contribution in [0.2, 0.25) is 0 Å². The number of rotatable bonds is 11. The molecule has 0 radical (unpaired) electrons. The number of guanidine groups is 1. The van der Waals surface area contributed by atoms with E-state index in [9.17, 15) is 0 Å². The third-order valence-electron chi connectivity index (χ3n) is 4.35. The Hall–Kier alpha value is -0.120. The summed E-state index contributed by atoms with van der Waals surface area (Å²) in [5.41, 5.74) is 0. The van der Waals surface area contributed by atoms with Crippen molar-refractivity contribution in [1.82, 2.24) is 15.5 Å². The minimum Gasteiger partial charge on any atom is -0.381 e. The molecule has 6 nitrogen and oxygen atoms in total. The molecule has 0 amide bonds. The van der Waals surface area contributed by atoms with Crippen LogP contribution in [0.25, 0.3) is 0 Å². The van der Waals surface area contributed by atoms with E-state index in [1.165, 1.54) is 0 Å². The van der Waals surface area contributed by atoms with E-state index in [-0.39, 0.29) is 24.0 Å². The summed E-state index contributed by atoms with van der Waals surface area (Å²) in [5, 5.41) is 6.73. The van der Waals surface area contributed by atoms with Gasteiger partial charge in [0, 0.05) is 57.9 Å². The molecule has 0 aromatic carbocycles. The molecule has 2 N–H and O–H groups in total. The fourth-order valence-corrected chi connectivity index (χ4v) is 2.98. The van der Waals surface area contributed by atoms with Gasteiger partial charge in [-0.15, -0.1) is 24.0 Å². The topological polar surface area (TPSA) is 58.1 Å². The smallest absolute Gasteiger partial charge is 0.191 e. The van der Waals surface area contributed by atoms with Crippen molar-refractivity contribution in [1.29, 1.82) is 0 Å². The average molecular weight is 470 g/mol. The maximum absolute atomic E-state index is 5.71. The van der Waals surface area contributed by atoms with Crippen molar-refractivity contribution in [3.05, 3.63) is 0 Å². The fourth-order valence-electron chi connectivity index (χ4n) is 2.98. The average Bonchev–Trinajstić information content (AvgIpc) is 3.05. The molecular weight excluding hydrogens is 431 g/mol. The quantitative estimate of drug-likeness (QED) is 0.210. The second-order valence-corrected chi connectivity index (χ2v) is 7.01. The lowest BCUT2D eigenvalue weighted by molar-refractivity contribution is 0.0888. The summed E-state index contributed by atoms with van der Waals surface area (Å²) in [5.74, 6) is 1.46. The highest BCUT2D eigenvalue weighted by molar-refractivity contribution is 14.0. The third kappa shape index (κ3) is 11.2. The zero-order chi connectivity index (χ0) is 17.8. The molecule has 1 saturated heterocycles. The van der Waals surface area contributed by atoms with E-state index in [0.29, 0.717) is 18.0 Å². The SMILES string of the molecule is CN=C(NCCCOCC1CCOC1)NCCN(C(C)C)C(C)C.I. The van der Waals surface area contributed by atoms with Gasteiger partial charge in [-0.25, -0.2) is 0 Å². The highest BCUT2D eigenvalue weighted by Crippen LogP contribution is 2.12. The van der Waals surface area contributed by atoms with Gasteiger partial charge in [0.1, 0.15) is 0 Å². The maximum Gasteiger partial charge on any atom is 0.191 e. The van der Waals surface area contributed by atoms with Crippen LogP contribution in [0.5, 0.6) is 0 Å². The molecule has 0 aliphatic carbocycles. The number of aliphatic imine (C=N–C) groups is 1. The highest BCUT2D eigenvalue weighted by Gasteiger charge is 2.15. The highest BCUT2D eigenvalue weighted by atomic mass is 127. The van der Waals surface area contributed by atoms with E-state index in [1.807, 2.05) is 7.05 Å². The number of ether oxygens (including phenoxy) is 2. The molecule has 0 aromatic heterocycles. The number of nitrogens with zero attached hydrogens (tertiary/aromatic N) is 2. The van der Waals surface area contributed by atoms with Crippen LogP contribution in [0.4, 0.5) is 0 Å². The van der Waals surface area contributed by atoms with Gasteiger partial charge < -0.3 is 20.1 Å². The minimum atomic E-state index is 0. The molecule has 1 fully saturated rings. The molecule has 1 atom stereocenters. The van der Waals surface area contributed by atoms with E-state index in [1.54, 1.807) is 0 Å². The van der Waals surface area contributed by atoms with Gasteiger partial charge in [0.25, 0.3) is 0 Å². The molecule has 1 aliphatic rings. The summed E-state index contributed by atoms with van der Waals surface area (Å²) in [7, 11) is 1.81. The summed E-state index contributed by atoms with van der Waals surface area (Å²) in [6, 6.07) is 1.12. The first kappa shape index (κ1) is 24.9. The Labute approximate surface area is 171 Å². The maximum atomic E-state index is 5.71. The van der Waals surface area contributed by atoms with Crippen LogP contribution in [0.15, 0.2) is 4.99 Å². The number of halogens is 1. The van der Waals surface area contributed by atoms with Crippen molar-refractivity contribution < 1.29 is 9.47 Å². The minimum absolute atomic E-state index is 0. The zero-order valence-electron chi connectivity index (χ0n) is 16.7. The molecule has 150 valence electrons. The van der Waals surface area contributed by atoms with E-state index >= 15 is 0 Å². The van der Waals surface area contributed by atoms with E-state index in [2.05, 4.69) is 48.2 Å². The first-order valence-electron chi connectivity index (χ1n) is 9.40. The molecule has 1 rings (SSSR count). The van der Waals surface area contributed by atoms with Crippen LogP contribution >= 0.6 is 24.0 Å². The van der Waals surface area contributed by atoms with Crippen molar-refractivity contribution in [3.8, 4) is 0 Å². The molecule has 1 aliphatic heterocycles. The monoisotopic (exact) mass is 470 g/mol. The van der Waals surface area contributed by atoms with Crippen LogP contribution in [-0.4, -0.2) is 76.1 Å². The molecule has 0 spiro atoms. The summed E-state index contributed by atoms with van der Waals surface area (Å²) >= 11 is 0. The van der Waals surface area contributed by atoms with Crippen LogP contribution in [0.3, 0.4) is 0 Å². The van der Waals surface area contributed by atoms with E-state index in [0.717, 1.165) is 64.9 Å². The van der Waals surface area contributed by atoms with Crippen molar-refractivity contribution in [2.24, 2.45) is 10.9 Å². The van der Waals surface area contributed by atoms with Gasteiger partial charge in [-0.3, -0.25) is 9.89 Å². The lowest BCUT2D eigenvalue weighted by atomic mass is 10.1. The first-order valence-corrected chi connectivity index (χ1v) is 9.40. The molecule has 1 unspecified atom stereocenters. The van der Waals surface area contributed by atoms with Crippen molar-refractivity contribution in [2.45, 2.75) is 52.6 Å². The van der Waals surface area contributed by atoms with Crippen LogP contribution in [0.1, 0.15) is 40.5 Å². The lowest BCUT2D eigenvalue weighted by Crippen LogP contribution is -2.45.